The maximum Gasteiger partial charge on any atom is 0.265 e. The van der Waals surface area contributed by atoms with Crippen LogP contribution >= 0.6 is 11.3 Å². The number of anilines is 1. The van der Waals surface area contributed by atoms with Gasteiger partial charge in [0.25, 0.3) is 5.91 Å². The number of nitrogens with zero attached hydrogens (tertiary/aromatic N) is 1. The van der Waals surface area contributed by atoms with Gasteiger partial charge in [-0.25, -0.2) is 0 Å². The molecule has 3 nitrogen and oxygen atoms in total. The van der Waals surface area contributed by atoms with Crippen LogP contribution in [-0.2, 0) is 18.3 Å². The maximum absolute atomic E-state index is 12.5. The first kappa shape index (κ1) is 16.7. The molecule has 0 aliphatic heterocycles. The highest BCUT2D eigenvalue weighted by molar-refractivity contribution is 7.14. The molecule has 1 N–H and O–H groups in total. The van der Waals surface area contributed by atoms with Gasteiger partial charge >= 0.3 is 0 Å². The van der Waals surface area contributed by atoms with Crippen molar-refractivity contribution in [2.75, 3.05) is 5.32 Å². The molecule has 0 saturated carbocycles. The molecule has 124 valence electrons. The minimum atomic E-state index is -0.522. The molecule has 1 aliphatic carbocycles. The predicted octanol–water partition coefficient (Wildman–Crippen LogP) is 4.93. The van der Waals surface area contributed by atoms with E-state index in [4.69, 9.17) is 0 Å². The first-order valence-corrected chi connectivity index (χ1v) is 9.15. The molecule has 1 aliphatic rings. The van der Waals surface area contributed by atoms with Crippen molar-refractivity contribution in [1.82, 2.24) is 0 Å². The van der Waals surface area contributed by atoms with Gasteiger partial charge in [0.05, 0.1) is 16.4 Å². The van der Waals surface area contributed by atoms with Crippen LogP contribution in [0.5, 0.6) is 0 Å². The molecule has 2 aromatic rings. The highest BCUT2D eigenvalue weighted by Gasteiger charge is 2.21. The van der Waals surface area contributed by atoms with Crippen molar-refractivity contribution in [3.8, 4) is 6.07 Å². The number of aryl methyl sites for hydroxylation is 1. The van der Waals surface area contributed by atoms with Crippen molar-refractivity contribution < 1.29 is 4.79 Å². The van der Waals surface area contributed by atoms with E-state index in [0.717, 1.165) is 29.0 Å². The first-order valence-electron chi connectivity index (χ1n) is 8.34. The molecule has 3 rings (SSSR count). The third-order valence-electron chi connectivity index (χ3n) is 4.70. The summed E-state index contributed by atoms with van der Waals surface area (Å²) >= 11 is 1.62. The Kier molecular flexibility index (Phi) is 4.47. The van der Waals surface area contributed by atoms with E-state index >= 15 is 0 Å². The fourth-order valence-electron chi connectivity index (χ4n) is 3.05. The Morgan fingerprint density at radius 2 is 2.04 bits per heavy atom. The number of nitriles is 1. The number of fused-ring (bicyclic) bond motifs is 1. The number of benzene rings is 1. The zero-order chi connectivity index (χ0) is 17.3. The Labute approximate surface area is 147 Å². The van der Waals surface area contributed by atoms with Crippen molar-refractivity contribution in [2.45, 2.75) is 45.4 Å². The number of hydrogen-bond donors (Lipinski definition) is 1. The van der Waals surface area contributed by atoms with E-state index in [0.29, 0.717) is 5.92 Å². The molecule has 1 heterocycles. The third kappa shape index (κ3) is 3.37. The number of carbonyl (C=O) groups is 1. The van der Waals surface area contributed by atoms with Gasteiger partial charge in [0.2, 0.25) is 0 Å². The molecule has 0 spiro atoms. The Balaban J connectivity index is 1.73. The standard InChI is InChI=1S/C20H22N2OS/c1-13-4-9-17-14(10-13)11-18(24-17)19(23)22-16-7-5-15(6-8-16)20(2,3)12-21/h5-8,11,13H,4,9-10H2,1-3H3,(H,22,23). The van der Waals surface area contributed by atoms with Gasteiger partial charge in [-0.2, -0.15) is 5.26 Å². The van der Waals surface area contributed by atoms with Crippen LogP contribution in [0, 0.1) is 17.2 Å². The average molecular weight is 338 g/mol. The van der Waals surface area contributed by atoms with Crippen LogP contribution < -0.4 is 5.32 Å². The number of amides is 1. The summed E-state index contributed by atoms with van der Waals surface area (Å²) in [4.78, 5) is 14.7. The predicted molar refractivity (Wildman–Crippen MR) is 98.5 cm³/mol. The highest BCUT2D eigenvalue weighted by atomic mass is 32.1. The van der Waals surface area contributed by atoms with E-state index in [1.807, 2.05) is 38.1 Å². The molecular weight excluding hydrogens is 316 g/mol. The molecular formula is C20H22N2OS. The van der Waals surface area contributed by atoms with Crippen LogP contribution in [0.2, 0.25) is 0 Å². The summed E-state index contributed by atoms with van der Waals surface area (Å²) in [6, 6.07) is 11.9. The fourth-order valence-corrected chi connectivity index (χ4v) is 4.15. The highest BCUT2D eigenvalue weighted by Crippen LogP contribution is 2.32. The molecule has 0 bridgehead atoms. The minimum Gasteiger partial charge on any atom is -0.321 e. The Bertz CT molecular complexity index is 796. The summed E-state index contributed by atoms with van der Waals surface area (Å²) in [7, 11) is 0. The van der Waals surface area contributed by atoms with E-state index in [-0.39, 0.29) is 5.91 Å². The molecule has 0 fully saturated rings. The third-order valence-corrected chi connectivity index (χ3v) is 5.93. The lowest BCUT2D eigenvalue weighted by molar-refractivity contribution is 0.103. The summed E-state index contributed by atoms with van der Waals surface area (Å²) in [5.41, 5.74) is 2.53. The van der Waals surface area contributed by atoms with Gasteiger partial charge < -0.3 is 5.32 Å². The summed E-state index contributed by atoms with van der Waals surface area (Å²) in [6.45, 7) is 6.04. The number of hydrogen-bond acceptors (Lipinski definition) is 3. The number of carbonyl (C=O) groups excluding carboxylic acids is 1. The van der Waals surface area contributed by atoms with Crippen LogP contribution in [-0.4, -0.2) is 5.91 Å². The van der Waals surface area contributed by atoms with Gasteiger partial charge in [-0.05, 0) is 68.4 Å². The number of nitrogens with one attached hydrogen (secondary N) is 1. The lowest BCUT2D eigenvalue weighted by Crippen LogP contribution is -2.14. The molecule has 0 saturated heterocycles. The Morgan fingerprint density at radius 1 is 1.33 bits per heavy atom. The van der Waals surface area contributed by atoms with Gasteiger partial charge in [0.15, 0.2) is 0 Å². The van der Waals surface area contributed by atoms with Crippen LogP contribution in [0.3, 0.4) is 0 Å². The molecule has 1 aromatic heterocycles. The number of rotatable bonds is 3. The van der Waals surface area contributed by atoms with Gasteiger partial charge in [-0.3, -0.25) is 4.79 Å². The SMILES string of the molecule is CC1CCc2sc(C(=O)Nc3ccc(C(C)(C)C#N)cc3)cc2C1. The summed E-state index contributed by atoms with van der Waals surface area (Å²) < 4.78 is 0. The van der Waals surface area contributed by atoms with Gasteiger partial charge in [0.1, 0.15) is 0 Å². The second-order valence-corrected chi connectivity index (χ2v) is 8.31. The van der Waals surface area contributed by atoms with E-state index in [1.54, 1.807) is 11.3 Å². The van der Waals surface area contributed by atoms with Crippen LogP contribution in [0.25, 0.3) is 0 Å². The van der Waals surface area contributed by atoms with E-state index in [9.17, 15) is 10.1 Å². The zero-order valence-corrected chi connectivity index (χ0v) is 15.2. The second kappa shape index (κ2) is 6.41. The molecule has 1 atom stereocenters. The van der Waals surface area contributed by atoms with Crippen molar-refractivity contribution in [2.24, 2.45) is 5.92 Å². The lowest BCUT2D eigenvalue weighted by atomic mass is 9.86. The van der Waals surface area contributed by atoms with Crippen LogP contribution in [0.15, 0.2) is 30.3 Å². The van der Waals surface area contributed by atoms with Gasteiger partial charge in [-0.1, -0.05) is 19.1 Å². The molecule has 1 amide bonds. The monoisotopic (exact) mass is 338 g/mol. The van der Waals surface area contributed by atoms with E-state index < -0.39 is 5.41 Å². The number of thiophene rings is 1. The first-order chi connectivity index (χ1) is 11.4. The summed E-state index contributed by atoms with van der Waals surface area (Å²) in [6.07, 6.45) is 3.38. The second-order valence-electron chi connectivity index (χ2n) is 7.18. The molecule has 4 heteroatoms. The van der Waals surface area contributed by atoms with Crippen molar-refractivity contribution in [3.05, 3.63) is 51.2 Å². The van der Waals surface area contributed by atoms with Crippen LogP contribution in [0.1, 0.15) is 52.9 Å². The normalized spacial score (nSPS) is 17.0. The van der Waals surface area contributed by atoms with Crippen molar-refractivity contribution >= 4 is 22.9 Å². The quantitative estimate of drug-likeness (QED) is 0.863. The maximum atomic E-state index is 12.5. The molecule has 0 radical (unpaired) electrons. The van der Waals surface area contributed by atoms with Crippen molar-refractivity contribution in [3.63, 3.8) is 0 Å². The van der Waals surface area contributed by atoms with Gasteiger partial charge in [0, 0.05) is 10.6 Å². The molecule has 1 unspecified atom stereocenters. The Hall–Kier alpha value is -2.12. The smallest absolute Gasteiger partial charge is 0.265 e. The van der Waals surface area contributed by atoms with E-state index in [1.165, 1.54) is 16.9 Å². The topological polar surface area (TPSA) is 52.9 Å². The lowest BCUT2D eigenvalue weighted by Gasteiger charge is -2.16. The Morgan fingerprint density at radius 3 is 2.71 bits per heavy atom. The summed E-state index contributed by atoms with van der Waals surface area (Å²) in [5.74, 6) is 0.661. The molecule has 24 heavy (non-hydrogen) atoms. The largest absolute Gasteiger partial charge is 0.321 e. The van der Waals surface area contributed by atoms with E-state index in [2.05, 4.69) is 24.4 Å². The fraction of sp³-hybridized carbons (Fsp3) is 0.400. The minimum absolute atomic E-state index is 0.0469. The zero-order valence-electron chi connectivity index (χ0n) is 14.3. The van der Waals surface area contributed by atoms with Gasteiger partial charge in [-0.15, -0.1) is 11.3 Å². The molecule has 1 aromatic carbocycles. The summed E-state index contributed by atoms with van der Waals surface area (Å²) in [5, 5.41) is 12.2. The average Bonchev–Trinajstić information content (AvgIpc) is 2.98. The van der Waals surface area contributed by atoms with Crippen LogP contribution in [0.4, 0.5) is 5.69 Å². The van der Waals surface area contributed by atoms with Crippen molar-refractivity contribution in [1.29, 1.82) is 5.26 Å².